The first-order valence-corrected chi connectivity index (χ1v) is 6.27. The van der Waals surface area contributed by atoms with Gasteiger partial charge in [0.1, 0.15) is 0 Å². The maximum atomic E-state index is 5.99. The molecule has 0 saturated heterocycles. The molecule has 14 heavy (non-hydrogen) atoms. The summed E-state index contributed by atoms with van der Waals surface area (Å²) in [5.41, 5.74) is 6.60. The van der Waals surface area contributed by atoms with Gasteiger partial charge in [-0.25, -0.2) is 0 Å². The topological polar surface area (TPSA) is 26.0 Å². The highest BCUT2D eigenvalue weighted by atomic mass is 14.6. The minimum Gasteiger partial charge on any atom is -0.328 e. The molecule has 1 aliphatic carbocycles. The second-order valence-corrected chi connectivity index (χ2v) is 5.95. The summed E-state index contributed by atoms with van der Waals surface area (Å²) in [6.45, 7) is 7.16. The molecule has 0 radical (unpaired) electrons. The van der Waals surface area contributed by atoms with Gasteiger partial charge in [-0.3, -0.25) is 0 Å². The molecule has 0 aromatic heterocycles. The summed E-state index contributed by atoms with van der Waals surface area (Å²) in [6, 6.07) is 0.485. The molecule has 0 atom stereocenters. The highest BCUT2D eigenvalue weighted by Crippen LogP contribution is 2.38. The van der Waals surface area contributed by atoms with Gasteiger partial charge < -0.3 is 5.73 Å². The van der Waals surface area contributed by atoms with E-state index in [1.807, 2.05) is 0 Å². The predicted molar refractivity (Wildman–Crippen MR) is 63.2 cm³/mol. The van der Waals surface area contributed by atoms with Crippen LogP contribution in [-0.2, 0) is 0 Å². The SMILES string of the molecule is CC(C)CC1(C)CCCC(N)CCC1. The Morgan fingerprint density at radius 3 is 2.14 bits per heavy atom. The van der Waals surface area contributed by atoms with Crippen LogP contribution >= 0.6 is 0 Å². The van der Waals surface area contributed by atoms with Crippen molar-refractivity contribution in [3.63, 3.8) is 0 Å². The third kappa shape index (κ3) is 4.00. The van der Waals surface area contributed by atoms with Crippen molar-refractivity contribution >= 4 is 0 Å². The van der Waals surface area contributed by atoms with Crippen molar-refractivity contribution in [1.82, 2.24) is 0 Å². The fourth-order valence-corrected chi connectivity index (χ4v) is 3.04. The quantitative estimate of drug-likeness (QED) is 0.717. The minimum absolute atomic E-state index is 0.485. The van der Waals surface area contributed by atoms with Crippen molar-refractivity contribution in [2.45, 2.75) is 71.8 Å². The molecule has 1 heteroatoms. The summed E-state index contributed by atoms with van der Waals surface area (Å²) in [5.74, 6) is 0.841. The smallest absolute Gasteiger partial charge is 0.00388 e. The van der Waals surface area contributed by atoms with Crippen molar-refractivity contribution in [2.24, 2.45) is 17.1 Å². The van der Waals surface area contributed by atoms with Gasteiger partial charge in [-0.1, -0.05) is 33.6 Å². The average Bonchev–Trinajstić information content (AvgIpc) is 1.99. The van der Waals surface area contributed by atoms with Crippen LogP contribution in [0.1, 0.15) is 65.7 Å². The van der Waals surface area contributed by atoms with E-state index < -0.39 is 0 Å². The van der Waals surface area contributed by atoms with Gasteiger partial charge >= 0.3 is 0 Å². The molecule has 1 nitrogen and oxygen atoms in total. The van der Waals surface area contributed by atoms with Gasteiger partial charge in [0.15, 0.2) is 0 Å². The first-order valence-electron chi connectivity index (χ1n) is 6.27. The Kier molecular flexibility index (Phi) is 4.43. The summed E-state index contributed by atoms with van der Waals surface area (Å²) < 4.78 is 0. The molecule has 1 rings (SSSR count). The molecule has 1 saturated carbocycles. The number of rotatable bonds is 2. The average molecular weight is 197 g/mol. The molecular weight excluding hydrogens is 170 g/mol. The molecular formula is C13H27N. The lowest BCUT2D eigenvalue weighted by Crippen LogP contribution is -2.27. The van der Waals surface area contributed by atoms with Crippen LogP contribution in [0.25, 0.3) is 0 Å². The van der Waals surface area contributed by atoms with Gasteiger partial charge in [0.25, 0.3) is 0 Å². The maximum absolute atomic E-state index is 5.99. The molecule has 1 fully saturated rings. The first-order chi connectivity index (χ1) is 6.52. The summed E-state index contributed by atoms with van der Waals surface area (Å²) in [6.07, 6.45) is 9.33. The normalized spacial score (nSPS) is 35.4. The highest BCUT2D eigenvalue weighted by molar-refractivity contribution is 4.80. The molecule has 0 spiro atoms. The Morgan fingerprint density at radius 2 is 1.71 bits per heavy atom. The summed E-state index contributed by atoms with van der Waals surface area (Å²) in [7, 11) is 0. The van der Waals surface area contributed by atoms with Crippen LogP contribution in [0.4, 0.5) is 0 Å². The minimum atomic E-state index is 0.485. The number of hydrogen-bond donors (Lipinski definition) is 1. The number of hydrogen-bond acceptors (Lipinski definition) is 1. The second kappa shape index (κ2) is 5.16. The van der Waals surface area contributed by atoms with Crippen LogP contribution < -0.4 is 5.73 Å². The van der Waals surface area contributed by atoms with Crippen molar-refractivity contribution < 1.29 is 0 Å². The first kappa shape index (κ1) is 12.0. The molecule has 2 N–H and O–H groups in total. The molecule has 0 unspecified atom stereocenters. The van der Waals surface area contributed by atoms with Gasteiger partial charge in [0.2, 0.25) is 0 Å². The molecule has 0 amide bonds. The molecule has 84 valence electrons. The van der Waals surface area contributed by atoms with E-state index in [4.69, 9.17) is 5.73 Å². The maximum Gasteiger partial charge on any atom is 0.00388 e. The summed E-state index contributed by atoms with van der Waals surface area (Å²) in [5, 5.41) is 0. The zero-order valence-electron chi connectivity index (χ0n) is 10.2. The van der Waals surface area contributed by atoms with E-state index in [0.29, 0.717) is 11.5 Å². The molecule has 0 heterocycles. The molecule has 0 aliphatic heterocycles. The van der Waals surface area contributed by atoms with E-state index in [9.17, 15) is 0 Å². The van der Waals surface area contributed by atoms with Gasteiger partial charge in [-0.2, -0.15) is 0 Å². The van der Waals surface area contributed by atoms with E-state index in [2.05, 4.69) is 20.8 Å². The van der Waals surface area contributed by atoms with E-state index in [-0.39, 0.29) is 0 Å². The van der Waals surface area contributed by atoms with Gasteiger partial charge in [0.05, 0.1) is 0 Å². The predicted octanol–water partition coefficient (Wildman–Crippen LogP) is 3.72. The molecule has 0 bridgehead atoms. The lowest BCUT2D eigenvalue weighted by molar-refractivity contribution is 0.187. The fraction of sp³-hybridized carbons (Fsp3) is 1.00. The largest absolute Gasteiger partial charge is 0.328 e. The Balaban J connectivity index is 2.44. The van der Waals surface area contributed by atoms with E-state index in [0.717, 1.165) is 5.92 Å². The zero-order chi connectivity index (χ0) is 10.6. The highest BCUT2D eigenvalue weighted by Gasteiger charge is 2.26. The standard InChI is InChI=1S/C13H27N/c1-11(2)10-13(3)8-4-6-12(14)7-5-9-13/h11-12H,4-10,14H2,1-3H3. The van der Waals surface area contributed by atoms with Crippen LogP contribution in [0.5, 0.6) is 0 Å². The van der Waals surface area contributed by atoms with Crippen LogP contribution in [0.2, 0.25) is 0 Å². The molecule has 1 aliphatic rings. The molecule has 0 aromatic rings. The van der Waals surface area contributed by atoms with Crippen molar-refractivity contribution in [1.29, 1.82) is 0 Å². The zero-order valence-corrected chi connectivity index (χ0v) is 10.2. The van der Waals surface area contributed by atoms with Gasteiger partial charge in [-0.15, -0.1) is 0 Å². The van der Waals surface area contributed by atoms with E-state index in [1.54, 1.807) is 0 Å². The van der Waals surface area contributed by atoms with Crippen LogP contribution in [0.3, 0.4) is 0 Å². The monoisotopic (exact) mass is 197 g/mol. The summed E-state index contributed by atoms with van der Waals surface area (Å²) in [4.78, 5) is 0. The fourth-order valence-electron chi connectivity index (χ4n) is 3.04. The third-order valence-electron chi connectivity index (χ3n) is 3.61. The lowest BCUT2D eigenvalue weighted by Gasteiger charge is -2.34. The van der Waals surface area contributed by atoms with Crippen LogP contribution in [0.15, 0.2) is 0 Å². The van der Waals surface area contributed by atoms with Gasteiger partial charge in [-0.05, 0) is 43.4 Å². The number of nitrogens with two attached hydrogens (primary N) is 1. The Hall–Kier alpha value is -0.0400. The second-order valence-electron chi connectivity index (χ2n) is 5.95. The van der Waals surface area contributed by atoms with Crippen molar-refractivity contribution in [3.05, 3.63) is 0 Å². The van der Waals surface area contributed by atoms with Crippen LogP contribution in [-0.4, -0.2) is 6.04 Å². The molecule has 0 aromatic carbocycles. The Bertz CT molecular complexity index is 153. The van der Waals surface area contributed by atoms with E-state index in [1.165, 1.54) is 44.9 Å². The van der Waals surface area contributed by atoms with Crippen molar-refractivity contribution in [3.8, 4) is 0 Å². The van der Waals surface area contributed by atoms with Crippen molar-refractivity contribution in [2.75, 3.05) is 0 Å². The lowest BCUT2D eigenvalue weighted by atomic mass is 9.72. The van der Waals surface area contributed by atoms with E-state index >= 15 is 0 Å². The Morgan fingerprint density at radius 1 is 1.21 bits per heavy atom. The third-order valence-corrected chi connectivity index (χ3v) is 3.61. The van der Waals surface area contributed by atoms with Gasteiger partial charge in [0, 0.05) is 6.04 Å². The summed E-state index contributed by atoms with van der Waals surface area (Å²) >= 11 is 0. The van der Waals surface area contributed by atoms with Crippen LogP contribution in [0, 0.1) is 11.3 Å². The Labute approximate surface area is 89.5 Å².